The smallest absolute Gasteiger partial charge is 0.324 e. The van der Waals surface area contributed by atoms with E-state index in [4.69, 9.17) is 14.8 Å². The van der Waals surface area contributed by atoms with Gasteiger partial charge in [-0.1, -0.05) is 0 Å². The molecule has 13 heavy (non-hydrogen) atoms. The van der Waals surface area contributed by atoms with Gasteiger partial charge in [0.05, 0.1) is 0 Å². The van der Waals surface area contributed by atoms with Crippen LogP contribution in [0.1, 0.15) is 12.8 Å². The van der Waals surface area contributed by atoms with Crippen LogP contribution in [0.25, 0.3) is 0 Å². The van der Waals surface area contributed by atoms with Crippen molar-refractivity contribution in [2.45, 2.75) is 18.1 Å². The standard InChI is InChI=1S/C5H8O7S/c6-4(7)2-1-3(5(8)9)13(10,11)12/h3H,1-2H2,(H,6,7)(H,8,9)(H,10,11,12)/t3-/m1/s1. The molecular formula is C5H8O7S. The van der Waals surface area contributed by atoms with E-state index in [0.29, 0.717) is 0 Å². The maximum absolute atomic E-state index is 10.4. The number of carboxylic acid groups (broad SMARTS) is 2. The first-order valence-electron chi connectivity index (χ1n) is 3.16. The number of carbonyl (C=O) groups is 2. The molecule has 0 spiro atoms. The third-order valence-corrected chi connectivity index (χ3v) is 2.41. The summed E-state index contributed by atoms with van der Waals surface area (Å²) in [6.07, 6.45) is -1.28. The van der Waals surface area contributed by atoms with Crippen LogP contribution in [0.15, 0.2) is 0 Å². The summed E-state index contributed by atoms with van der Waals surface area (Å²) in [5.41, 5.74) is 0. The van der Waals surface area contributed by atoms with Crippen LogP contribution in [0, 0.1) is 0 Å². The highest BCUT2D eigenvalue weighted by Gasteiger charge is 2.30. The van der Waals surface area contributed by atoms with E-state index < -0.39 is 40.1 Å². The monoisotopic (exact) mass is 212 g/mol. The molecule has 1 atom stereocenters. The molecule has 0 aliphatic heterocycles. The fourth-order valence-corrected chi connectivity index (χ4v) is 1.32. The van der Waals surface area contributed by atoms with Gasteiger partial charge in [0.1, 0.15) is 0 Å². The van der Waals surface area contributed by atoms with Crippen molar-refractivity contribution < 1.29 is 32.8 Å². The van der Waals surface area contributed by atoms with Gasteiger partial charge in [0.25, 0.3) is 10.1 Å². The van der Waals surface area contributed by atoms with Crippen molar-refractivity contribution in [3.8, 4) is 0 Å². The summed E-state index contributed by atoms with van der Waals surface area (Å²) < 4.78 is 29.1. The topological polar surface area (TPSA) is 129 Å². The van der Waals surface area contributed by atoms with E-state index in [-0.39, 0.29) is 0 Å². The Morgan fingerprint density at radius 1 is 1.23 bits per heavy atom. The minimum absolute atomic E-state index is 0.628. The molecule has 76 valence electrons. The zero-order valence-corrected chi connectivity index (χ0v) is 7.19. The highest BCUT2D eigenvalue weighted by atomic mass is 32.2. The molecule has 0 saturated heterocycles. The molecule has 0 aromatic heterocycles. The van der Waals surface area contributed by atoms with Crippen LogP contribution in [-0.4, -0.2) is 40.4 Å². The minimum atomic E-state index is -4.72. The Balaban J connectivity index is 4.47. The lowest BCUT2D eigenvalue weighted by molar-refractivity contribution is -0.138. The summed E-state index contributed by atoms with van der Waals surface area (Å²) in [6, 6.07) is 0. The molecule has 0 rings (SSSR count). The van der Waals surface area contributed by atoms with Gasteiger partial charge in [-0.2, -0.15) is 8.42 Å². The highest BCUT2D eigenvalue weighted by Crippen LogP contribution is 2.07. The number of aliphatic carboxylic acids is 2. The highest BCUT2D eigenvalue weighted by molar-refractivity contribution is 7.87. The SMILES string of the molecule is O=C(O)CC[C@H](C(=O)O)S(=O)(=O)O. The second kappa shape index (κ2) is 4.19. The Morgan fingerprint density at radius 2 is 1.69 bits per heavy atom. The zero-order chi connectivity index (χ0) is 10.6. The van der Waals surface area contributed by atoms with Gasteiger partial charge in [0.15, 0.2) is 5.25 Å². The average molecular weight is 212 g/mol. The summed E-state index contributed by atoms with van der Waals surface area (Å²) in [4.78, 5) is 20.2. The molecule has 0 fully saturated rings. The van der Waals surface area contributed by atoms with Gasteiger partial charge in [0, 0.05) is 6.42 Å². The normalized spacial score (nSPS) is 13.6. The van der Waals surface area contributed by atoms with E-state index in [1.807, 2.05) is 0 Å². The van der Waals surface area contributed by atoms with E-state index >= 15 is 0 Å². The minimum Gasteiger partial charge on any atom is -0.481 e. The summed E-state index contributed by atoms with van der Waals surface area (Å²) >= 11 is 0. The average Bonchev–Trinajstić information content (AvgIpc) is 1.81. The van der Waals surface area contributed by atoms with Crippen LogP contribution in [-0.2, 0) is 19.7 Å². The van der Waals surface area contributed by atoms with Crippen molar-refractivity contribution >= 4 is 22.1 Å². The Hall–Kier alpha value is -1.15. The lowest BCUT2D eigenvalue weighted by Gasteiger charge is -2.06. The van der Waals surface area contributed by atoms with Gasteiger partial charge in [-0.3, -0.25) is 14.1 Å². The predicted molar refractivity (Wildman–Crippen MR) is 39.8 cm³/mol. The van der Waals surface area contributed by atoms with Crippen molar-refractivity contribution in [3.05, 3.63) is 0 Å². The first kappa shape index (κ1) is 11.8. The van der Waals surface area contributed by atoms with Crippen LogP contribution in [0.2, 0.25) is 0 Å². The number of carboxylic acids is 2. The molecule has 0 amide bonds. The molecule has 7 nitrogen and oxygen atoms in total. The molecule has 0 bridgehead atoms. The molecule has 0 heterocycles. The van der Waals surface area contributed by atoms with Gasteiger partial charge in [-0.15, -0.1) is 0 Å². The molecule has 0 aliphatic rings. The Morgan fingerprint density at radius 3 is 1.92 bits per heavy atom. The molecule has 3 N–H and O–H groups in total. The van der Waals surface area contributed by atoms with E-state index in [2.05, 4.69) is 0 Å². The van der Waals surface area contributed by atoms with Crippen LogP contribution < -0.4 is 0 Å². The van der Waals surface area contributed by atoms with Crippen LogP contribution in [0.4, 0.5) is 0 Å². The van der Waals surface area contributed by atoms with E-state index in [9.17, 15) is 18.0 Å². The molecule has 0 aliphatic carbocycles. The van der Waals surface area contributed by atoms with E-state index in [1.54, 1.807) is 0 Å². The molecule has 0 aromatic carbocycles. The molecule has 0 unspecified atom stereocenters. The number of rotatable bonds is 5. The lowest BCUT2D eigenvalue weighted by Crippen LogP contribution is -2.30. The van der Waals surface area contributed by atoms with E-state index in [1.165, 1.54) is 0 Å². The van der Waals surface area contributed by atoms with Gasteiger partial charge < -0.3 is 10.2 Å². The quantitative estimate of drug-likeness (QED) is 0.508. The second-order valence-electron chi connectivity index (χ2n) is 2.27. The molecule has 0 radical (unpaired) electrons. The van der Waals surface area contributed by atoms with Crippen molar-refractivity contribution in [1.29, 1.82) is 0 Å². The fraction of sp³-hybridized carbons (Fsp3) is 0.600. The maximum Gasteiger partial charge on any atom is 0.324 e. The largest absolute Gasteiger partial charge is 0.481 e. The van der Waals surface area contributed by atoms with E-state index in [0.717, 1.165) is 0 Å². The van der Waals surface area contributed by atoms with Gasteiger partial charge in [-0.25, -0.2) is 0 Å². The van der Waals surface area contributed by atoms with Crippen molar-refractivity contribution in [1.82, 2.24) is 0 Å². The third kappa shape index (κ3) is 4.43. The first-order chi connectivity index (χ1) is 5.75. The van der Waals surface area contributed by atoms with Crippen molar-refractivity contribution in [2.24, 2.45) is 0 Å². The van der Waals surface area contributed by atoms with Crippen molar-refractivity contribution in [3.63, 3.8) is 0 Å². The fourth-order valence-electron chi connectivity index (χ4n) is 0.654. The first-order valence-corrected chi connectivity index (χ1v) is 4.66. The van der Waals surface area contributed by atoms with Crippen LogP contribution in [0.5, 0.6) is 0 Å². The van der Waals surface area contributed by atoms with Crippen LogP contribution >= 0.6 is 0 Å². The summed E-state index contributed by atoms with van der Waals surface area (Å²) in [7, 11) is -4.72. The zero-order valence-electron chi connectivity index (χ0n) is 6.37. The second-order valence-corrected chi connectivity index (χ2v) is 3.87. The lowest BCUT2D eigenvalue weighted by atomic mass is 10.2. The molecule has 8 heteroatoms. The summed E-state index contributed by atoms with van der Waals surface area (Å²) in [5, 5.41) is 14.4. The van der Waals surface area contributed by atoms with Gasteiger partial charge in [-0.05, 0) is 6.42 Å². The molecule has 0 aromatic rings. The number of hydrogen-bond donors (Lipinski definition) is 3. The molecule has 0 saturated carbocycles. The van der Waals surface area contributed by atoms with Gasteiger partial charge >= 0.3 is 11.9 Å². The Labute approximate surface area is 73.7 Å². The molecular weight excluding hydrogens is 204 g/mol. The third-order valence-electron chi connectivity index (χ3n) is 1.26. The summed E-state index contributed by atoms with van der Waals surface area (Å²) in [5.74, 6) is -3.08. The predicted octanol–water partition coefficient (Wildman–Crippen LogP) is -0.808. The number of hydrogen-bond acceptors (Lipinski definition) is 4. The van der Waals surface area contributed by atoms with Crippen LogP contribution in [0.3, 0.4) is 0 Å². The van der Waals surface area contributed by atoms with Crippen molar-refractivity contribution in [2.75, 3.05) is 0 Å². The maximum atomic E-state index is 10.4. The Bertz CT molecular complexity index is 303. The van der Waals surface area contributed by atoms with Gasteiger partial charge in [0.2, 0.25) is 0 Å². The summed E-state index contributed by atoms with van der Waals surface area (Å²) in [6.45, 7) is 0. The Kier molecular flexibility index (Phi) is 3.82.